The topological polar surface area (TPSA) is 37.3 Å². The average Bonchev–Trinajstić information content (AvgIpc) is 3.06. The minimum atomic E-state index is -0.737. The van der Waals surface area contributed by atoms with E-state index in [1.165, 1.54) is 5.56 Å². The molecule has 1 aromatic carbocycles. The predicted octanol–water partition coefficient (Wildman–Crippen LogP) is 3.93. The maximum absolute atomic E-state index is 11.0. The maximum Gasteiger partial charge on any atom is 0.303 e. The second kappa shape index (κ2) is 4.69. The lowest BCUT2D eigenvalue weighted by atomic mass is 9.86. The predicted molar refractivity (Wildman–Crippen MR) is 68.6 cm³/mol. The minimum Gasteiger partial charge on any atom is -0.481 e. The van der Waals surface area contributed by atoms with Crippen molar-refractivity contribution in [3.8, 4) is 0 Å². The third-order valence-electron chi connectivity index (χ3n) is 3.69. The van der Waals surface area contributed by atoms with Gasteiger partial charge in [-0.15, -0.1) is 0 Å². The second-order valence-electron chi connectivity index (χ2n) is 4.94. The van der Waals surface area contributed by atoms with Crippen LogP contribution in [0.4, 0.5) is 0 Å². The van der Waals surface area contributed by atoms with Gasteiger partial charge < -0.3 is 5.11 Å². The van der Waals surface area contributed by atoms with Gasteiger partial charge in [0.2, 0.25) is 0 Å². The molecular weight excluding hydrogens is 236 g/mol. The van der Waals surface area contributed by atoms with Crippen molar-refractivity contribution in [1.82, 2.24) is 0 Å². The SMILES string of the molecule is Cc1ccc(Cl)c(C(CC(=O)O)C2CC2)c1C. The quantitative estimate of drug-likeness (QED) is 0.882. The van der Waals surface area contributed by atoms with E-state index in [9.17, 15) is 4.79 Å². The summed E-state index contributed by atoms with van der Waals surface area (Å²) in [4.78, 5) is 11.0. The van der Waals surface area contributed by atoms with Crippen molar-refractivity contribution in [2.45, 2.75) is 39.0 Å². The van der Waals surface area contributed by atoms with Crippen LogP contribution < -0.4 is 0 Å². The van der Waals surface area contributed by atoms with Crippen LogP contribution in [-0.4, -0.2) is 11.1 Å². The van der Waals surface area contributed by atoms with E-state index in [0.717, 1.165) is 24.0 Å². The normalized spacial score (nSPS) is 16.9. The van der Waals surface area contributed by atoms with Crippen molar-refractivity contribution in [3.05, 3.63) is 33.8 Å². The molecule has 2 nitrogen and oxygen atoms in total. The lowest BCUT2D eigenvalue weighted by Crippen LogP contribution is -2.11. The number of carboxylic acids is 1. The summed E-state index contributed by atoms with van der Waals surface area (Å²) in [5, 5.41) is 9.74. The number of benzene rings is 1. The van der Waals surface area contributed by atoms with Crippen molar-refractivity contribution < 1.29 is 9.90 Å². The Bertz CT molecular complexity index is 450. The van der Waals surface area contributed by atoms with Crippen LogP contribution in [0.3, 0.4) is 0 Å². The van der Waals surface area contributed by atoms with E-state index in [1.54, 1.807) is 0 Å². The van der Waals surface area contributed by atoms with Crippen LogP contribution in [0.25, 0.3) is 0 Å². The zero-order valence-corrected chi connectivity index (χ0v) is 10.9. The Hall–Kier alpha value is -1.02. The molecule has 0 bridgehead atoms. The van der Waals surface area contributed by atoms with Gasteiger partial charge in [0, 0.05) is 5.02 Å². The fourth-order valence-corrected chi connectivity index (χ4v) is 2.80. The van der Waals surface area contributed by atoms with Crippen molar-refractivity contribution in [1.29, 1.82) is 0 Å². The molecule has 1 aliphatic carbocycles. The van der Waals surface area contributed by atoms with E-state index in [2.05, 4.69) is 0 Å². The summed E-state index contributed by atoms with van der Waals surface area (Å²) in [6.07, 6.45) is 2.44. The van der Waals surface area contributed by atoms with Gasteiger partial charge in [-0.25, -0.2) is 0 Å². The number of carboxylic acid groups (broad SMARTS) is 1. The van der Waals surface area contributed by atoms with Crippen molar-refractivity contribution >= 4 is 17.6 Å². The summed E-state index contributed by atoms with van der Waals surface area (Å²) >= 11 is 6.26. The fourth-order valence-electron chi connectivity index (χ4n) is 2.45. The van der Waals surface area contributed by atoms with E-state index in [-0.39, 0.29) is 12.3 Å². The highest BCUT2D eigenvalue weighted by Gasteiger charge is 2.35. The van der Waals surface area contributed by atoms with Crippen LogP contribution in [0.1, 0.15) is 41.9 Å². The molecule has 1 N–H and O–H groups in total. The first-order valence-corrected chi connectivity index (χ1v) is 6.36. The molecule has 1 atom stereocenters. The van der Waals surface area contributed by atoms with Gasteiger partial charge in [-0.1, -0.05) is 17.7 Å². The van der Waals surface area contributed by atoms with Gasteiger partial charge >= 0.3 is 5.97 Å². The lowest BCUT2D eigenvalue weighted by Gasteiger charge is -2.20. The molecule has 1 fully saturated rings. The van der Waals surface area contributed by atoms with Crippen LogP contribution in [0.2, 0.25) is 5.02 Å². The van der Waals surface area contributed by atoms with Gasteiger partial charge in [0.05, 0.1) is 6.42 Å². The van der Waals surface area contributed by atoms with Crippen LogP contribution >= 0.6 is 11.6 Å². The molecule has 0 saturated heterocycles. The summed E-state index contributed by atoms with van der Waals surface area (Å²) in [6, 6.07) is 3.88. The third-order valence-corrected chi connectivity index (χ3v) is 4.02. The lowest BCUT2D eigenvalue weighted by molar-refractivity contribution is -0.137. The van der Waals surface area contributed by atoms with Crippen LogP contribution in [0.5, 0.6) is 0 Å². The molecule has 0 radical (unpaired) electrons. The minimum absolute atomic E-state index is 0.0832. The van der Waals surface area contributed by atoms with Gasteiger partial charge in [0.1, 0.15) is 0 Å². The van der Waals surface area contributed by atoms with E-state index in [4.69, 9.17) is 16.7 Å². The zero-order chi connectivity index (χ0) is 12.6. The van der Waals surface area contributed by atoms with Crippen molar-refractivity contribution in [2.75, 3.05) is 0 Å². The molecule has 17 heavy (non-hydrogen) atoms. The molecule has 0 spiro atoms. The summed E-state index contributed by atoms with van der Waals surface area (Å²) < 4.78 is 0. The third kappa shape index (κ3) is 2.63. The van der Waals surface area contributed by atoms with Gasteiger partial charge in [-0.05, 0) is 61.3 Å². The standard InChI is InChI=1S/C14H17ClO2/c1-8-3-6-12(15)14(9(8)2)11(7-13(16)17)10-4-5-10/h3,6,10-11H,4-5,7H2,1-2H3,(H,16,17). The first-order valence-electron chi connectivity index (χ1n) is 5.98. The van der Waals surface area contributed by atoms with Crippen LogP contribution in [0, 0.1) is 19.8 Å². The molecule has 1 aliphatic rings. The highest BCUT2D eigenvalue weighted by Crippen LogP contribution is 2.47. The molecule has 0 aliphatic heterocycles. The van der Waals surface area contributed by atoms with E-state index in [0.29, 0.717) is 10.9 Å². The van der Waals surface area contributed by atoms with E-state index < -0.39 is 5.97 Å². The first kappa shape index (κ1) is 12.4. The van der Waals surface area contributed by atoms with Gasteiger partial charge in [-0.3, -0.25) is 4.79 Å². The average molecular weight is 253 g/mol. The number of aliphatic carboxylic acids is 1. The molecule has 1 unspecified atom stereocenters. The number of aryl methyl sites for hydroxylation is 1. The Kier molecular flexibility index (Phi) is 3.43. The molecule has 0 amide bonds. The summed E-state index contributed by atoms with van der Waals surface area (Å²) in [7, 11) is 0. The van der Waals surface area contributed by atoms with Gasteiger partial charge in [0.15, 0.2) is 0 Å². The fraction of sp³-hybridized carbons (Fsp3) is 0.500. The Balaban J connectivity index is 2.41. The Morgan fingerprint density at radius 1 is 1.47 bits per heavy atom. The number of rotatable bonds is 4. The number of hydrogen-bond donors (Lipinski definition) is 1. The number of carbonyl (C=O) groups is 1. The zero-order valence-electron chi connectivity index (χ0n) is 10.2. The maximum atomic E-state index is 11.0. The Morgan fingerprint density at radius 2 is 2.12 bits per heavy atom. The highest BCUT2D eigenvalue weighted by atomic mass is 35.5. The number of halogens is 1. The van der Waals surface area contributed by atoms with Crippen LogP contribution in [-0.2, 0) is 4.79 Å². The van der Waals surface area contributed by atoms with Crippen LogP contribution in [0.15, 0.2) is 12.1 Å². The summed E-state index contributed by atoms with van der Waals surface area (Å²) in [5.74, 6) is -0.150. The first-order chi connectivity index (χ1) is 8.00. The molecule has 0 heterocycles. The van der Waals surface area contributed by atoms with Crippen molar-refractivity contribution in [2.24, 2.45) is 5.92 Å². The largest absolute Gasteiger partial charge is 0.481 e. The molecule has 1 saturated carbocycles. The second-order valence-corrected chi connectivity index (χ2v) is 5.35. The van der Waals surface area contributed by atoms with Crippen molar-refractivity contribution in [3.63, 3.8) is 0 Å². The smallest absolute Gasteiger partial charge is 0.303 e. The molecule has 1 aromatic rings. The summed E-state index contributed by atoms with van der Waals surface area (Å²) in [6.45, 7) is 4.08. The van der Waals surface area contributed by atoms with E-state index >= 15 is 0 Å². The van der Waals surface area contributed by atoms with Gasteiger partial charge in [0.25, 0.3) is 0 Å². The highest BCUT2D eigenvalue weighted by molar-refractivity contribution is 6.31. The Labute approximate surface area is 107 Å². The molecular formula is C14H17ClO2. The summed E-state index contributed by atoms with van der Waals surface area (Å²) in [5.41, 5.74) is 3.38. The molecule has 3 heteroatoms. The van der Waals surface area contributed by atoms with E-state index in [1.807, 2.05) is 26.0 Å². The molecule has 0 aromatic heterocycles. The molecule has 92 valence electrons. The number of hydrogen-bond acceptors (Lipinski definition) is 1. The molecule has 2 rings (SSSR count). The van der Waals surface area contributed by atoms with Gasteiger partial charge in [-0.2, -0.15) is 0 Å². The monoisotopic (exact) mass is 252 g/mol. The Morgan fingerprint density at radius 3 is 2.65 bits per heavy atom.